The molecule has 2 fully saturated rings. The Hall–Kier alpha value is -0.130. The van der Waals surface area contributed by atoms with E-state index in [0.29, 0.717) is 6.04 Å². The van der Waals surface area contributed by atoms with E-state index in [1.807, 2.05) is 0 Å². The molecule has 1 aromatic rings. The number of halogens is 1. The molecule has 0 heterocycles. The van der Waals surface area contributed by atoms with Crippen molar-refractivity contribution in [1.29, 1.82) is 0 Å². The predicted molar refractivity (Wildman–Crippen MR) is 82.8 cm³/mol. The van der Waals surface area contributed by atoms with Gasteiger partial charge in [-0.15, -0.1) is 0 Å². The smallest absolute Gasteiger partial charge is 0.0463 e. The fourth-order valence-electron chi connectivity index (χ4n) is 3.99. The highest BCUT2D eigenvalue weighted by atomic mass is 127. The zero-order valence-electron chi connectivity index (χ0n) is 10.6. The third-order valence-electron chi connectivity index (χ3n) is 4.88. The van der Waals surface area contributed by atoms with Gasteiger partial charge in [-0.2, -0.15) is 0 Å². The number of nitrogens with two attached hydrogens (primary N) is 1. The van der Waals surface area contributed by atoms with E-state index in [4.69, 9.17) is 5.84 Å². The van der Waals surface area contributed by atoms with Gasteiger partial charge < -0.3 is 0 Å². The highest BCUT2D eigenvalue weighted by Gasteiger charge is 2.40. The van der Waals surface area contributed by atoms with E-state index >= 15 is 0 Å². The molecule has 98 valence electrons. The molecule has 0 aliphatic heterocycles. The fourth-order valence-corrected chi connectivity index (χ4v) is 4.56. The first kappa shape index (κ1) is 12.9. The summed E-state index contributed by atoms with van der Waals surface area (Å²) in [6.45, 7) is 0. The average Bonchev–Trinajstić information content (AvgIpc) is 2.98. The van der Waals surface area contributed by atoms with Gasteiger partial charge in [-0.3, -0.25) is 11.3 Å². The summed E-state index contributed by atoms with van der Waals surface area (Å²) in [5, 5.41) is 0. The zero-order valence-corrected chi connectivity index (χ0v) is 12.8. The van der Waals surface area contributed by atoms with Crippen molar-refractivity contribution in [3.05, 3.63) is 33.4 Å². The van der Waals surface area contributed by atoms with Crippen LogP contribution in [0.25, 0.3) is 0 Å². The number of hydrogen-bond acceptors (Lipinski definition) is 2. The topological polar surface area (TPSA) is 38.0 Å². The van der Waals surface area contributed by atoms with Crippen LogP contribution in [0.3, 0.4) is 0 Å². The van der Waals surface area contributed by atoms with Gasteiger partial charge in [-0.25, -0.2) is 0 Å². The largest absolute Gasteiger partial charge is 0.271 e. The Morgan fingerprint density at radius 1 is 1.33 bits per heavy atom. The molecule has 3 heteroatoms. The van der Waals surface area contributed by atoms with Crippen molar-refractivity contribution in [2.45, 2.75) is 38.1 Å². The average molecular weight is 356 g/mol. The second kappa shape index (κ2) is 5.47. The van der Waals surface area contributed by atoms with Gasteiger partial charge in [0.15, 0.2) is 0 Å². The molecule has 2 aliphatic carbocycles. The van der Waals surface area contributed by atoms with E-state index in [1.165, 1.54) is 41.2 Å². The first-order valence-corrected chi connectivity index (χ1v) is 8.05. The van der Waals surface area contributed by atoms with E-state index in [9.17, 15) is 0 Å². The summed E-state index contributed by atoms with van der Waals surface area (Å²) in [5.41, 5.74) is 4.37. The highest BCUT2D eigenvalue weighted by Crippen LogP contribution is 2.50. The molecule has 0 radical (unpaired) electrons. The first-order chi connectivity index (χ1) is 8.76. The van der Waals surface area contributed by atoms with Gasteiger partial charge in [0, 0.05) is 9.61 Å². The lowest BCUT2D eigenvalue weighted by molar-refractivity contribution is 0.280. The summed E-state index contributed by atoms with van der Waals surface area (Å²) < 4.78 is 1.29. The Balaban J connectivity index is 1.69. The van der Waals surface area contributed by atoms with Gasteiger partial charge >= 0.3 is 0 Å². The van der Waals surface area contributed by atoms with Crippen molar-refractivity contribution in [1.82, 2.24) is 5.43 Å². The molecule has 2 nitrogen and oxygen atoms in total. The molecule has 0 aromatic heterocycles. The van der Waals surface area contributed by atoms with Gasteiger partial charge in [0.1, 0.15) is 0 Å². The number of benzene rings is 1. The number of rotatable bonds is 4. The van der Waals surface area contributed by atoms with Gasteiger partial charge in [0.25, 0.3) is 0 Å². The van der Waals surface area contributed by atoms with E-state index in [0.717, 1.165) is 17.8 Å². The van der Waals surface area contributed by atoms with Crippen molar-refractivity contribution in [2.75, 3.05) is 0 Å². The highest BCUT2D eigenvalue weighted by molar-refractivity contribution is 14.1. The molecule has 2 saturated carbocycles. The Kier molecular flexibility index (Phi) is 3.91. The molecule has 3 N–H and O–H groups in total. The van der Waals surface area contributed by atoms with Crippen molar-refractivity contribution in [2.24, 2.45) is 23.6 Å². The number of hydrogen-bond donors (Lipinski definition) is 2. The third-order valence-corrected chi connectivity index (χ3v) is 5.55. The van der Waals surface area contributed by atoms with Crippen molar-refractivity contribution in [3.8, 4) is 0 Å². The standard InChI is InChI=1S/C15H21IN2/c16-14-3-1-2-12(8-14)15(18-17)9-13-7-10-4-5-11(13)6-10/h1-3,8,10-11,13,15,18H,4-7,9,17H2. The van der Waals surface area contributed by atoms with Gasteiger partial charge in [0.2, 0.25) is 0 Å². The molecular weight excluding hydrogens is 335 g/mol. The maximum atomic E-state index is 5.78. The van der Waals surface area contributed by atoms with Crippen LogP contribution in [0.4, 0.5) is 0 Å². The summed E-state index contributed by atoms with van der Waals surface area (Å²) in [6, 6.07) is 9.03. The minimum atomic E-state index is 0.323. The first-order valence-electron chi connectivity index (χ1n) is 6.98. The maximum Gasteiger partial charge on any atom is 0.0463 e. The lowest BCUT2D eigenvalue weighted by Crippen LogP contribution is -2.30. The van der Waals surface area contributed by atoms with Crippen LogP contribution in [0.5, 0.6) is 0 Å². The third kappa shape index (κ3) is 2.58. The Morgan fingerprint density at radius 2 is 2.22 bits per heavy atom. The Morgan fingerprint density at radius 3 is 2.83 bits per heavy atom. The zero-order chi connectivity index (χ0) is 12.5. The normalized spacial score (nSPS) is 31.8. The monoisotopic (exact) mass is 356 g/mol. The lowest BCUT2D eigenvalue weighted by Gasteiger charge is -2.26. The van der Waals surface area contributed by atoms with Crippen LogP contribution in [-0.4, -0.2) is 0 Å². The Bertz CT molecular complexity index is 421. The SMILES string of the molecule is NNC(CC1CC2CCC1C2)c1cccc(I)c1. The quantitative estimate of drug-likeness (QED) is 0.491. The number of nitrogens with one attached hydrogen (secondary N) is 1. The van der Waals surface area contributed by atoms with Crippen LogP contribution in [0, 0.1) is 21.3 Å². The summed E-state index contributed by atoms with van der Waals surface area (Å²) >= 11 is 2.37. The number of hydrazine groups is 1. The second-order valence-corrected chi connectivity index (χ2v) is 7.19. The van der Waals surface area contributed by atoms with Gasteiger partial charge in [0.05, 0.1) is 0 Å². The molecule has 3 rings (SSSR count). The van der Waals surface area contributed by atoms with E-state index in [1.54, 1.807) is 0 Å². The molecule has 4 unspecified atom stereocenters. The molecule has 0 amide bonds. The van der Waals surface area contributed by atoms with Gasteiger partial charge in [-0.05, 0) is 83.7 Å². The van der Waals surface area contributed by atoms with Crippen molar-refractivity contribution >= 4 is 22.6 Å². The molecule has 1 aromatic carbocycles. The van der Waals surface area contributed by atoms with Crippen LogP contribution in [-0.2, 0) is 0 Å². The van der Waals surface area contributed by atoms with Crippen LogP contribution in [0.1, 0.15) is 43.7 Å². The Labute approximate surface area is 123 Å². The minimum Gasteiger partial charge on any atom is -0.271 e. The molecular formula is C15H21IN2. The van der Waals surface area contributed by atoms with Crippen LogP contribution < -0.4 is 11.3 Å². The molecule has 2 aliphatic rings. The molecule has 2 bridgehead atoms. The maximum absolute atomic E-state index is 5.78. The molecule has 18 heavy (non-hydrogen) atoms. The van der Waals surface area contributed by atoms with Crippen molar-refractivity contribution in [3.63, 3.8) is 0 Å². The van der Waals surface area contributed by atoms with E-state index in [-0.39, 0.29) is 0 Å². The number of fused-ring (bicyclic) bond motifs is 2. The summed E-state index contributed by atoms with van der Waals surface area (Å²) in [7, 11) is 0. The minimum absolute atomic E-state index is 0.323. The van der Waals surface area contributed by atoms with Gasteiger partial charge in [-0.1, -0.05) is 18.6 Å². The second-order valence-electron chi connectivity index (χ2n) is 5.94. The van der Waals surface area contributed by atoms with Crippen LogP contribution in [0.2, 0.25) is 0 Å². The predicted octanol–water partition coefficient (Wildman–Crippen LogP) is 3.62. The molecule has 0 spiro atoms. The lowest BCUT2D eigenvalue weighted by atomic mass is 9.83. The van der Waals surface area contributed by atoms with E-state index in [2.05, 4.69) is 52.3 Å². The van der Waals surface area contributed by atoms with Crippen LogP contribution in [0.15, 0.2) is 24.3 Å². The molecule has 0 saturated heterocycles. The summed E-state index contributed by atoms with van der Waals surface area (Å²) in [4.78, 5) is 0. The molecule has 4 atom stereocenters. The summed E-state index contributed by atoms with van der Waals surface area (Å²) in [5.74, 6) is 8.67. The van der Waals surface area contributed by atoms with Crippen molar-refractivity contribution < 1.29 is 0 Å². The van der Waals surface area contributed by atoms with E-state index < -0.39 is 0 Å². The van der Waals surface area contributed by atoms with Crippen LogP contribution >= 0.6 is 22.6 Å². The fraction of sp³-hybridized carbons (Fsp3) is 0.600. The summed E-state index contributed by atoms with van der Waals surface area (Å²) in [6.07, 6.45) is 7.06.